The lowest BCUT2D eigenvalue weighted by Crippen LogP contribution is -2.57. The number of carboxylic acids is 1. The summed E-state index contributed by atoms with van der Waals surface area (Å²) in [5, 5.41) is 14.9. The number of fused-ring (bicyclic) bond motifs is 2. The van der Waals surface area contributed by atoms with E-state index in [1.54, 1.807) is 6.07 Å². The van der Waals surface area contributed by atoms with Gasteiger partial charge >= 0.3 is 5.97 Å². The van der Waals surface area contributed by atoms with Crippen molar-refractivity contribution in [3.8, 4) is 5.75 Å². The van der Waals surface area contributed by atoms with Gasteiger partial charge in [0.25, 0.3) is 5.91 Å². The van der Waals surface area contributed by atoms with E-state index in [1.807, 2.05) is 0 Å². The van der Waals surface area contributed by atoms with Crippen LogP contribution in [0.1, 0.15) is 68.6 Å². The lowest BCUT2D eigenvalue weighted by atomic mass is 9.81. The van der Waals surface area contributed by atoms with Gasteiger partial charge in [0, 0.05) is 37.5 Å². The number of hydrogen-bond acceptors (Lipinski definition) is 5. The van der Waals surface area contributed by atoms with Crippen molar-refractivity contribution in [3.05, 3.63) is 22.7 Å². The van der Waals surface area contributed by atoms with Gasteiger partial charge in [0.05, 0.1) is 23.4 Å². The van der Waals surface area contributed by atoms with Crippen molar-refractivity contribution < 1.29 is 24.2 Å². The van der Waals surface area contributed by atoms with Crippen LogP contribution in [0.5, 0.6) is 5.75 Å². The molecule has 9 heteroatoms. The Labute approximate surface area is 193 Å². The Hall–Kier alpha value is -2.32. The Morgan fingerprint density at radius 2 is 1.88 bits per heavy atom. The Morgan fingerprint density at radius 3 is 2.47 bits per heavy atom. The second-order valence-electron chi connectivity index (χ2n) is 8.68. The van der Waals surface area contributed by atoms with E-state index in [4.69, 9.17) is 21.4 Å². The lowest BCUT2D eigenvalue weighted by Gasteiger charge is -2.49. The summed E-state index contributed by atoms with van der Waals surface area (Å²) in [4.78, 5) is 37.7. The molecule has 176 valence electrons. The SMILES string of the molecule is COc1cc(NC(C)=O)c(Cl)cc1C(=O)NC1CC2CCCC(C1)N2CCCCC(=O)O. The molecule has 2 aliphatic rings. The van der Waals surface area contributed by atoms with Crippen molar-refractivity contribution in [2.24, 2.45) is 0 Å². The number of nitrogens with zero attached hydrogens (tertiary/aromatic N) is 1. The number of anilines is 1. The first-order valence-electron chi connectivity index (χ1n) is 11.2. The average Bonchev–Trinajstić information content (AvgIpc) is 2.71. The Bertz CT molecular complexity index is 848. The number of aliphatic carboxylic acids is 1. The van der Waals surface area contributed by atoms with Crippen LogP contribution in [0.4, 0.5) is 5.69 Å². The third-order valence-electron chi connectivity index (χ3n) is 6.36. The van der Waals surface area contributed by atoms with Crippen molar-refractivity contribution in [3.63, 3.8) is 0 Å². The molecule has 32 heavy (non-hydrogen) atoms. The number of benzene rings is 1. The minimum atomic E-state index is -0.743. The van der Waals surface area contributed by atoms with Crippen molar-refractivity contribution in [1.29, 1.82) is 0 Å². The fraction of sp³-hybridized carbons (Fsp3) is 0.609. The predicted molar refractivity (Wildman–Crippen MR) is 122 cm³/mol. The summed E-state index contributed by atoms with van der Waals surface area (Å²) in [6.45, 7) is 2.30. The molecule has 2 bridgehead atoms. The topological polar surface area (TPSA) is 108 Å². The van der Waals surface area contributed by atoms with E-state index >= 15 is 0 Å². The molecule has 2 heterocycles. The minimum absolute atomic E-state index is 0.0616. The minimum Gasteiger partial charge on any atom is -0.496 e. The molecule has 1 aromatic carbocycles. The van der Waals surface area contributed by atoms with Crippen LogP contribution in [0.25, 0.3) is 0 Å². The van der Waals surface area contributed by atoms with E-state index in [1.165, 1.54) is 26.5 Å². The standard InChI is InChI=1S/C23H32ClN3O5/c1-14(28)25-20-13-21(32-2)18(12-19(20)24)23(31)26-15-10-16-6-5-7-17(11-15)27(16)9-4-3-8-22(29)30/h12-13,15-17H,3-11H2,1-2H3,(H,25,28)(H,26,31)(H,29,30). The molecular weight excluding hydrogens is 434 g/mol. The first-order chi connectivity index (χ1) is 15.3. The zero-order valence-electron chi connectivity index (χ0n) is 18.7. The van der Waals surface area contributed by atoms with Gasteiger partial charge < -0.3 is 20.5 Å². The highest BCUT2D eigenvalue weighted by Crippen LogP contribution is 2.35. The number of nitrogens with one attached hydrogen (secondary N) is 2. The monoisotopic (exact) mass is 465 g/mol. The largest absolute Gasteiger partial charge is 0.496 e. The van der Waals surface area contributed by atoms with Gasteiger partial charge in [-0.15, -0.1) is 0 Å². The molecule has 2 amide bonds. The first-order valence-corrected chi connectivity index (χ1v) is 11.6. The van der Waals surface area contributed by atoms with E-state index in [2.05, 4.69) is 15.5 Å². The number of amides is 2. The van der Waals surface area contributed by atoms with Gasteiger partial charge in [-0.25, -0.2) is 0 Å². The van der Waals surface area contributed by atoms with Crippen LogP contribution in [0.15, 0.2) is 12.1 Å². The molecule has 0 aromatic heterocycles. The van der Waals surface area contributed by atoms with Crippen molar-refractivity contribution in [2.45, 2.75) is 76.4 Å². The summed E-state index contributed by atoms with van der Waals surface area (Å²) >= 11 is 6.27. The summed E-state index contributed by atoms with van der Waals surface area (Å²) in [5.74, 6) is -0.887. The van der Waals surface area contributed by atoms with E-state index in [-0.39, 0.29) is 29.3 Å². The zero-order valence-corrected chi connectivity index (χ0v) is 19.4. The molecule has 2 fully saturated rings. The number of carbonyl (C=O) groups is 3. The van der Waals surface area contributed by atoms with Crippen LogP contribution in [-0.4, -0.2) is 59.6 Å². The van der Waals surface area contributed by atoms with Gasteiger partial charge in [0.1, 0.15) is 5.75 Å². The molecule has 0 radical (unpaired) electrons. The number of hydrogen-bond donors (Lipinski definition) is 3. The van der Waals surface area contributed by atoms with Crippen molar-refractivity contribution in [2.75, 3.05) is 19.0 Å². The number of carboxylic acid groups (broad SMARTS) is 1. The molecule has 3 N–H and O–H groups in total. The summed E-state index contributed by atoms with van der Waals surface area (Å²) < 4.78 is 5.38. The maximum Gasteiger partial charge on any atom is 0.303 e. The molecule has 2 saturated heterocycles. The quantitative estimate of drug-likeness (QED) is 0.480. The van der Waals surface area contributed by atoms with Crippen LogP contribution in [0, 0.1) is 0 Å². The van der Waals surface area contributed by atoms with Crippen LogP contribution < -0.4 is 15.4 Å². The second kappa shape index (κ2) is 11.0. The maximum atomic E-state index is 13.0. The summed E-state index contributed by atoms with van der Waals surface area (Å²) in [7, 11) is 1.48. The molecule has 3 rings (SSSR count). The molecule has 0 aliphatic carbocycles. The normalized spacial score (nSPS) is 22.8. The number of piperidine rings is 2. The first kappa shape index (κ1) is 24.3. The Balaban J connectivity index is 1.63. The van der Waals surface area contributed by atoms with Gasteiger partial charge in [-0.1, -0.05) is 18.0 Å². The number of ether oxygens (including phenoxy) is 1. The number of rotatable bonds is 9. The average molecular weight is 466 g/mol. The highest BCUT2D eigenvalue weighted by atomic mass is 35.5. The number of unbranched alkanes of at least 4 members (excludes halogenated alkanes) is 1. The number of methoxy groups -OCH3 is 1. The molecule has 8 nitrogen and oxygen atoms in total. The smallest absolute Gasteiger partial charge is 0.303 e. The summed E-state index contributed by atoms with van der Waals surface area (Å²) in [5.41, 5.74) is 0.742. The number of halogens is 1. The third kappa shape index (κ3) is 6.13. The maximum absolute atomic E-state index is 13.0. The lowest BCUT2D eigenvalue weighted by molar-refractivity contribution is -0.137. The fourth-order valence-corrected chi connectivity index (χ4v) is 5.19. The zero-order chi connectivity index (χ0) is 23.3. The van der Waals surface area contributed by atoms with E-state index in [9.17, 15) is 14.4 Å². The van der Waals surface area contributed by atoms with Gasteiger partial charge in [-0.2, -0.15) is 0 Å². The Kier molecular flexibility index (Phi) is 8.37. The second-order valence-corrected chi connectivity index (χ2v) is 9.09. The van der Waals surface area contributed by atoms with Crippen LogP contribution >= 0.6 is 11.6 Å². The fourth-order valence-electron chi connectivity index (χ4n) is 4.98. The summed E-state index contributed by atoms with van der Waals surface area (Å²) in [6, 6.07) is 3.97. The van der Waals surface area contributed by atoms with Crippen LogP contribution in [0.2, 0.25) is 5.02 Å². The van der Waals surface area contributed by atoms with Crippen LogP contribution in [0.3, 0.4) is 0 Å². The van der Waals surface area contributed by atoms with Crippen LogP contribution in [-0.2, 0) is 9.59 Å². The highest BCUT2D eigenvalue weighted by Gasteiger charge is 2.38. The molecule has 0 saturated carbocycles. The van der Waals surface area contributed by atoms with Gasteiger partial charge in [-0.3, -0.25) is 19.3 Å². The third-order valence-corrected chi connectivity index (χ3v) is 6.68. The molecule has 0 spiro atoms. The van der Waals surface area contributed by atoms with Gasteiger partial charge in [-0.05, 0) is 51.1 Å². The van der Waals surface area contributed by atoms with Gasteiger partial charge in [0.15, 0.2) is 0 Å². The van der Waals surface area contributed by atoms with E-state index in [0.717, 1.165) is 38.6 Å². The molecule has 1 aromatic rings. The van der Waals surface area contributed by atoms with Crippen molar-refractivity contribution in [1.82, 2.24) is 10.2 Å². The predicted octanol–water partition coefficient (Wildman–Crippen LogP) is 3.68. The van der Waals surface area contributed by atoms with Gasteiger partial charge in [0.2, 0.25) is 5.91 Å². The highest BCUT2D eigenvalue weighted by molar-refractivity contribution is 6.34. The van der Waals surface area contributed by atoms with E-state index in [0.29, 0.717) is 35.5 Å². The Morgan fingerprint density at radius 1 is 1.19 bits per heavy atom. The number of carbonyl (C=O) groups excluding carboxylic acids is 2. The molecular formula is C23H32ClN3O5. The van der Waals surface area contributed by atoms with E-state index < -0.39 is 5.97 Å². The molecule has 2 atom stereocenters. The summed E-state index contributed by atoms with van der Waals surface area (Å²) in [6.07, 6.45) is 6.93. The van der Waals surface area contributed by atoms with Crippen molar-refractivity contribution >= 4 is 35.1 Å². The molecule has 2 unspecified atom stereocenters. The molecule has 2 aliphatic heterocycles.